The molecule has 5 nitrogen and oxygen atoms in total. The highest BCUT2D eigenvalue weighted by atomic mass is 16.5. The molecule has 0 fully saturated rings. The molecule has 0 radical (unpaired) electrons. The summed E-state index contributed by atoms with van der Waals surface area (Å²) in [6.07, 6.45) is 3.71. The quantitative estimate of drug-likeness (QED) is 0.854. The lowest BCUT2D eigenvalue weighted by molar-refractivity contribution is 0.0840. The number of phenols is 1. The van der Waals surface area contributed by atoms with Crippen molar-refractivity contribution in [2.75, 3.05) is 6.61 Å². The maximum Gasteiger partial charge on any atom is 0.174 e. The Bertz CT molecular complexity index is 925. The first kappa shape index (κ1) is 17.5. The van der Waals surface area contributed by atoms with Gasteiger partial charge >= 0.3 is 0 Å². The number of benzene rings is 2. The van der Waals surface area contributed by atoms with Crippen molar-refractivity contribution >= 4 is 11.9 Å². The van der Waals surface area contributed by atoms with Crippen LogP contribution >= 0.6 is 0 Å². The molecule has 0 aromatic heterocycles. The number of hydrogen-bond acceptors (Lipinski definition) is 5. The summed E-state index contributed by atoms with van der Waals surface area (Å²) in [6, 6.07) is 8.50. The molecule has 4 rings (SSSR count). The van der Waals surface area contributed by atoms with Gasteiger partial charge in [-0.15, -0.1) is 0 Å². The smallest absolute Gasteiger partial charge is 0.174 e. The van der Waals surface area contributed by atoms with Gasteiger partial charge in [-0.05, 0) is 50.6 Å². The molecule has 2 aliphatic heterocycles. The highest BCUT2D eigenvalue weighted by Gasteiger charge is 2.35. The molecule has 5 heteroatoms. The Balaban J connectivity index is 1.80. The van der Waals surface area contributed by atoms with Crippen molar-refractivity contribution in [1.29, 1.82) is 0 Å². The molecule has 0 bridgehead atoms. The molecule has 0 spiro atoms. The van der Waals surface area contributed by atoms with Crippen LogP contribution in [-0.4, -0.2) is 23.1 Å². The summed E-state index contributed by atoms with van der Waals surface area (Å²) >= 11 is 0. The number of carbonyl (C=O) groups excluding carboxylic acids is 1. The van der Waals surface area contributed by atoms with Crippen LogP contribution in [0, 0.1) is 0 Å². The molecule has 0 aliphatic carbocycles. The van der Waals surface area contributed by atoms with Crippen molar-refractivity contribution < 1.29 is 24.1 Å². The molecule has 0 amide bonds. The number of aromatic hydroxyl groups is 1. The zero-order valence-electron chi connectivity index (χ0n) is 15.6. The summed E-state index contributed by atoms with van der Waals surface area (Å²) in [5.74, 6) is 1.78. The van der Waals surface area contributed by atoms with Gasteiger partial charge in [0.05, 0.1) is 18.6 Å². The summed E-state index contributed by atoms with van der Waals surface area (Å²) in [5.41, 5.74) is 1.64. The van der Waals surface area contributed by atoms with E-state index in [0.717, 1.165) is 11.1 Å². The van der Waals surface area contributed by atoms with Crippen molar-refractivity contribution in [2.45, 2.75) is 38.9 Å². The van der Waals surface area contributed by atoms with Crippen molar-refractivity contribution in [3.63, 3.8) is 0 Å². The van der Waals surface area contributed by atoms with E-state index in [4.69, 9.17) is 14.2 Å². The molecular weight excluding hydrogens is 344 g/mol. The zero-order valence-corrected chi connectivity index (χ0v) is 15.6. The molecule has 0 saturated carbocycles. The first-order chi connectivity index (χ1) is 12.9. The highest BCUT2D eigenvalue weighted by Crippen LogP contribution is 2.48. The second kappa shape index (κ2) is 6.34. The summed E-state index contributed by atoms with van der Waals surface area (Å²) in [5, 5.41) is 9.49. The van der Waals surface area contributed by atoms with Crippen LogP contribution in [0.4, 0.5) is 0 Å². The molecule has 2 aromatic carbocycles. The molecular formula is C22H22O5. The number of ketones is 1. The molecule has 2 aromatic rings. The van der Waals surface area contributed by atoms with Gasteiger partial charge in [0.1, 0.15) is 40.3 Å². The van der Waals surface area contributed by atoms with Gasteiger partial charge in [-0.2, -0.15) is 0 Å². The van der Waals surface area contributed by atoms with Crippen molar-refractivity contribution in [3.8, 4) is 23.0 Å². The van der Waals surface area contributed by atoms with Gasteiger partial charge in [-0.25, -0.2) is 0 Å². The van der Waals surface area contributed by atoms with Crippen molar-refractivity contribution in [3.05, 3.63) is 53.1 Å². The molecule has 140 valence electrons. The second-order valence-electron chi connectivity index (χ2n) is 7.29. The predicted molar refractivity (Wildman–Crippen MR) is 102 cm³/mol. The summed E-state index contributed by atoms with van der Waals surface area (Å²) in [4.78, 5) is 13.0. The fourth-order valence-corrected chi connectivity index (χ4v) is 3.46. The average molecular weight is 366 g/mol. The van der Waals surface area contributed by atoms with E-state index in [0.29, 0.717) is 29.4 Å². The van der Waals surface area contributed by atoms with E-state index < -0.39 is 11.7 Å². The normalized spacial score (nSPS) is 19.5. The van der Waals surface area contributed by atoms with E-state index in [2.05, 4.69) is 0 Å². The molecule has 2 aliphatic rings. The molecule has 2 heterocycles. The monoisotopic (exact) mass is 366 g/mol. The van der Waals surface area contributed by atoms with Crippen LogP contribution in [0.25, 0.3) is 6.08 Å². The largest absolute Gasteiger partial charge is 0.508 e. The summed E-state index contributed by atoms with van der Waals surface area (Å²) < 4.78 is 18.1. The average Bonchev–Trinajstić information content (AvgIpc) is 2.61. The van der Waals surface area contributed by atoms with E-state index in [-0.39, 0.29) is 18.0 Å². The number of hydrogen-bond donors (Lipinski definition) is 1. The Hall–Kier alpha value is -2.95. The van der Waals surface area contributed by atoms with Gasteiger partial charge in [0.25, 0.3) is 0 Å². The van der Waals surface area contributed by atoms with Crippen molar-refractivity contribution in [2.24, 2.45) is 0 Å². The van der Waals surface area contributed by atoms with Crippen LogP contribution < -0.4 is 14.2 Å². The van der Waals surface area contributed by atoms with Crippen LogP contribution in [0.5, 0.6) is 23.0 Å². The fraction of sp³-hybridized carbons (Fsp3) is 0.318. The minimum Gasteiger partial charge on any atom is -0.508 e. The van der Waals surface area contributed by atoms with E-state index in [9.17, 15) is 9.90 Å². The van der Waals surface area contributed by atoms with Gasteiger partial charge in [0.15, 0.2) is 5.78 Å². The van der Waals surface area contributed by atoms with Gasteiger partial charge in [0.2, 0.25) is 0 Å². The van der Waals surface area contributed by atoms with E-state index in [1.54, 1.807) is 30.3 Å². The third-order valence-electron chi connectivity index (χ3n) is 4.74. The third kappa shape index (κ3) is 3.14. The molecule has 1 N–H and O–H groups in total. The van der Waals surface area contributed by atoms with Crippen LogP contribution in [0.2, 0.25) is 0 Å². The van der Waals surface area contributed by atoms with Gasteiger partial charge in [0, 0.05) is 6.07 Å². The van der Waals surface area contributed by atoms with Crippen LogP contribution in [-0.2, 0) is 0 Å². The van der Waals surface area contributed by atoms with Gasteiger partial charge in [-0.3, -0.25) is 4.79 Å². The molecule has 0 saturated heterocycles. The van der Waals surface area contributed by atoms with Crippen LogP contribution in [0.15, 0.2) is 36.4 Å². The van der Waals surface area contributed by atoms with Crippen LogP contribution in [0.3, 0.4) is 0 Å². The molecule has 1 unspecified atom stereocenters. The minimum absolute atomic E-state index is 0.0289. The highest BCUT2D eigenvalue weighted by molar-refractivity contribution is 6.04. The first-order valence-corrected chi connectivity index (χ1v) is 9.09. The third-order valence-corrected chi connectivity index (χ3v) is 4.74. The number of Topliss-reactive ketones (excluding diaryl/α,β-unsaturated/α-hetero) is 1. The summed E-state index contributed by atoms with van der Waals surface area (Å²) in [6.45, 7) is 6.26. The Morgan fingerprint density at radius 1 is 1.22 bits per heavy atom. The van der Waals surface area contributed by atoms with E-state index in [1.165, 1.54) is 0 Å². The predicted octanol–water partition coefficient (Wildman–Crippen LogP) is 4.68. The topological polar surface area (TPSA) is 65.0 Å². The van der Waals surface area contributed by atoms with Crippen LogP contribution in [0.1, 0.15) is 54.8 Å². The lowest BCUT2D eigenvalue weighted by Crippen LogP contribution is -2.29. The van der Waals surface area contributed by atoms with Gasteiger partial charge < -0.3 is 19.3 Å². The van der Waals surface area contributed by atoms with Crippen molar-refractivity contribution in [1.82, 2.24) is 0 Å². The lowest BCUT2D eigenvalue weighted by atomic mass is 9.92. The lowest BCUT2D eigenvalue weighted by Gasteiger charge is -2.32. The number of rotatable bonds is 3. The summed E-state index contributed by atoms with van der Waals surface area (Å²) in [7, 11) is 0. The van der Waals surface area contributed by atoms with E-state index in [1.807, 2.05) is 32.9 Å². The van der Waals surface area contributed by atoms with E-state index >= 15 is 0 Å². The Labute approximate surface area is 158 Å². The number of ether oxygens (including phenoxy) is 3. The Kier molecular flexibility index (Phi) is 4.10. The zero-order chi connectivity index (χ0) is 19.2. The maximum absolute atomic E-state index is 13.0. The maximum atomic E-state index is 13.0. The fourth-order valence-electron chi connectivity index (χ4n) is 3.46. The number of phenolic OH excluding ortho intramolecular Hbond substituents is 1. The second-order valence-corrected chi connectivity index (χ2v) is 7.29. The Morgan fingerprint density at radius 2 is 1.96 bits per heavy atom. The Morgan fingerprint density at radius 3 is 2.67 bits per heavy atom. The van der Waals surface area contributed by atoms with Gasteiger partial charge in [-0.1, -0.05) is 12.1 Å². The SMILES string of the molecule is CCOc1c2c(cc3c1C(=O)CC(c1ccc(O)cc1)O3)OC(C)(C)C=C2. The first-order valence-electron chi connectivity index (χ1n) is 9.09. The number of carbonyl (C=O) groups is 1. The standard InChI is InChI=1S/C22H22O5/c1-4-25-21-15-9-10-22(2,3)27-18(15)12-19-20(21)16(24)11-17(26-19)13-5-7-14(23)8-6-13/h5-10,12,17,23H,4,11H2,1-3H3. The number of fused-ring (bicyclic) bond motifs is 2. The minimum atomic E-state index is -0.445. The molecule has 27 heavy (non-hydrogen) atoms. The molecule has 1 atom stereocenters.